The van der Waals surface area contributed by atoms with E-state index in [1.54, 1.807) is 24.7 Å². The number of aromatic nitrogens is 3. The highest BCUT2D eigenvalue weighted by atomic mass is 16.5. The zero-order valence-corrected chi connectivity index (χ0v) is 12.7. The topological polar surface area (TPSA) is 56.3 Å². The van der Waals surface area contributed by atoms with Crippen molar-refractivity contribution in [3.63, 3.8) is 0 Å². The normalized spacial score (nSPS) is 17.8. The highest BCUT2D eigenvalue weighted by molar-refractivity contribution is 5.12. The average Bonchev–Trinajstić information content (AvgIpc) is 3.25. The first kappa shape index (κ1) is 14.0. The number of ether oxygens (including phenoxy) is 1. The molecule has 0 saturated carbocycles. The highest BCUT2D eigenvalue weighted by Gasteiger charge is 2.25. The molecular weight excluding hydrogens is 292 g/mol. The number of hydrogen-bond acceptors (Lipinski definition) is 5. The summed E-state index contributed by atoms with van der Waals surface area (Å²) in [7, 11) is 0. The Hall–Kier alpha value is -2.60. The van der Waals surface area contributed by atoms with Gasteiger partial charge in [-0.05, 0) is 30.3 Å². The first-order valence-electron chi connectivity index (χ1n) is 7.69. The second kappa shape index (κ2) is 6.26. The highest BCUT2D eigenvalue weighted by Crippen LogP contribution is 2.24. The van der Waals surface area contributed by atoms with Crippen LogP contribution in [0.2, 0.25) is 0 Å². The van der Waals surface area contributed by atoms with Crippen LogP contribution in [0.15, 0.2) is 59.6 Å². The van der Waals surface area contributed by atoms with Gasteiger partial charge in [0.05, 0.1) is 18.8 Å². The molecule has 6 heteroatoms. The van der Waals surface area contributed by atoms with E-state index in [0.29, 0.717) is 12.6 Å². The number of nitrogens with zero attached hydrogens (tertiary/aromatic N) is 4. The lowest BCUT2D eigenvalue weighted by Crippen LogP contribution is -2.38. The van der Waals surface area contributed by atoms with Gasteiger partial charge in [0, 0.05) is 37.4 Å². The summed E-state index contributed by atoms with van der Waals surface area (Å²) in [5.74, 6) is 0.982. The number of fused-ring (bicyclic) bond motifs is 1. The van der Waals surface area contributed by atoms with Crippen LogP contribution in [0, 0.1) is 0 Å². The van der Waals surface area contributed by atoms with Gasteiger partial charge in [-0.1, -0.05) is 0 Å². The maximum atomic E-state index is 5.76. The third-order valence-electron chi connectivity index (χ3n) is 4.02. The zero-order valence-electron chi connectivity index (χ0n) is 12.7. The quantitative estimate of drug-likeness (QED) is 0.725. The maximum Gasteiger partial charge on any atom is 0.316 e. The van der Waals surface area contributed by atoms with Crippen LogP contribution in [0.1, 0.15) is 17.5 Å². The Morgan fingerprint density at radius 2 is 2.09 bits per heavy atom. The van der Waals surface area contributed by atoms with Gasteiger partial charge < -0.3 is 13.7 Å². The van der Waals surface area contributed by atoms with Crippen LogP contribution in [0.25, 0.3) is 0 Å². The minimum absolute atomic E-state index is 0.229. The molecule has 0 spiro atoms. The monoisotopic (exact) mass is 310 g/mol. The SMILES string of the molecule is c1cnc(OCC2CN(Cc3ccco3)Cc3cccn32)nc1. The molecule has 3 aromatic rings. The number of rotatable bonds is 5. The molecular formula is C17H18N4O2. The van der Waals surface area contributed by atoms with Crippen molar-refractivity contribution in [1.29, 1.82) is 0 Å². The fraction of sp³-hybridized carbons (Fsp3) is 0.294. The Kier molecular flexibility index (Phi) is 3.81. The molecule has 0 aromatic carbocycles. The van der Waals surface area contributed by atoms with Crippen molar-refractivity contribution in [3.8, 4) is 6.01 Å². The van der Waals surface area contributed by atoms with Gasteiger partial charge in [-0.15, -0.1) is 0 Å². The lowest BCUT2D eigenvalue weighted by atomic mass is 10.2. The molecule has 118 valence electrons. The molecule has 0 amide bonds. The van der Waals surface area contributed by atoms with Gasteiger partial charge >= 0.3 is 6.01 Å². The van der Waals surface area contributed by atoms with Crippen LogP contribution >= 0.6 is 0 Å². The summed E-state index contributed by atoms with van der Waals surface area (Å²) in [6, 6.07) is 10.6. The van der Waals surface area contributed by atoms with Crippen molar-refractivity contribution >= 4 is 0 Å². The molecule has 1 aliphatic heterocycles. The minimum Gasteiger partial charge on any atom is -0.468 e. The van der Waals surface area contributed by atoms with E-state index in [1.807, 2.05) is 12.1 Å². The molecule has 0 saturated heterocycles. The fourth-order valence-electron chi connectivity index (χ4n) is 3.01. The predicted octanol–water partition coefficient (Wildman–Crippen LogP) is 2.51. The van der Waals surface area contributed by atoms with E-state index >= 15 is 0 Å². The molecule has 0 aliphatic carbocycles. The predicted molar refractivity (Wildman–Crippen MR) is 83.8 cm³/mol. The van der Waals surface area contributed by atoms with Gasteiger partial charge in [0.15, 0.2) is 0 Å². The molecule has 0 N–H and O–H groups in total. The van der Waals surface area contributed by atoms with Crippen molar-refractivity contribution in [2.24, 2.45) is 0 Å². The molecule has 0 fully saturated rings. The number of hydrogen-bond donors (Lipinski definition) is 0. The van der Waals surface area contributed by atoms with Gasteiger partial charge in [0.1, 0.15) is 12.4 Å². The summed E-state index contributed by atoms with van der Waals surface area (Å²) in [5, 5.41) is 0. The Morgan fingerprint density at radius 1 is 1.17 bits per heavy atom. The minimum atomic E-state index is 0.229. The molecule has 1 unspecified atom stereocenters. The summed E-state index contributed by atoms with van der Waals surface area (Å²) in [4.78, 5) is 10.6. The van der Waals surface area contributed by atoms with Gasteiger partial charge in [-0.25, -0.2) is 9.97 Å². The first-order chi connectivity index (χ1) is 11.4. The lowest BCUT2D eigenvalue weighted by Gasteiger charge is -2.34. The van der Waals surface area contributed by atoms with Crippen molar-refractivity contribution < 1.29 is 9.15 Å². The zero-order chi connectivity index (χ0) is 15.5. The third kappa shape index (κ3) is 3.12. The Morgan fingerprint density at radius 3 is 2.91 bits per heavy atom. The van der Waals surface area contributed by atoms with E-state index in [2.05, 4.69) is 37.8 Å². The molecule has 4 rings (SSSR count). The van der Waals surface area contributed by atoms with Crippen LogP contribution < -0.4 is 4.74 Å². The van der Waals surface area contributed by atoms with Crippen LogP contribution in [0.5, 0.6) is 6.01 Å². The van der Waals surface area contributed by atoms with Gasteiger partial charge in [-0.2, -0.15) is 0 Å². The maximum absolute atomic E-state index is 5.76. The average molecular weight is 310 g/mol. The Bertz CT molecular complexity index is 739. The summed E-state index contributed by atoms with van der Waals surface area (Å²) < 4.78 is 13.5. The van der Waals surface area contributed by atoms with Gasteiger partial charge in [-0.3, -0.25) is 4.90 Å². The van der Waals surface area contributed by atoms with Crippen molar-refractivity contribution in [1.82, 2.24) is 19.4 Å². The Balaban J connectivity index is 1.47. The van der Waals surface area contributed by atoms with Crippen molar-refractivity contribution in [2.75, 3.05) is 13.2 Å². The molecule has 1 aliphatic rings. The van der Waals surface area contributed by atoms with Crippen LogP contribution in [0.3, 0.4) is 0 Å². The second-order valence-corrected chi connectivity index (χ2v) is 5.65. The lowest BCUT2D eigenvalue weighted by molar-refractivity contribution is 0.126. The first-order valence-corrected chi connectivity index (χ1v) is 7.69. The van der Waals surface area contributed by atoms with Gasteiger partial charge in [0.2, 0.25) is 0 Å². The summed E-state index contributed by atoms with van der Waals surface area (Å²) >= 11 is 0. The van der Waals surface area contributed by atoms with E-state index in [4.69, 9.17) is 9.15 Å². The van der Waals surface area contributed by atoms with Crippen molar-refractivity contribution in [3.05, 3.63) is 66.6 Å². The molecule has 4 heterocycles. The Labute approximate surface area is 134 Å². The van der Waals surface area contributed by atoms with E-state index in [1.165, 1.54) is 5.69 Å². The van der Waals surface area contributed by atoms with Crippen LogP contribution in [-0.4, -0.2) is 32.6 Å². The van der Waals surface area contributed by atoms with E-state index in [-0.39, 0.29) is 6.04 Å². The third-order valence-corrected chi connectivity index (χ3v) is 4.02. The van der Waals surface area contributed by atoms with E-state index in [0.717, 1.165) is 25.4 Å². The van der Waals surface area contributed by atoms with Crippen molar-refractivity contribution in [2.45, 2.75) is 19.1 Å². The van der Waals surface area contributed by atoms with E-state index in [9.17, 15) is 0 Å². The summed E-state index contributed by atoms with van der Waals surface area (Å²) in [6.45, 7) is 3.15. The standard InChI is InChI=1S/C17H18N4O2/c1-4-14-10-20(12-16-5-2-9-22-16)11-15(21(14)8-1)13-23-17-18-6-3-7-19-17/h1-9,15H,10-13H2. The number of furan rings is 1. The molecule has 23 heavy (non-hydrogen) atoms. The largest absolute Gasteiger partial charge is 0.468 e. The van der Waals surface area contributed by atoms with Crippen LogP contribution in [0.4, 0.5) is 0 Å². The summed E-state index contributed by atoms with van der Waals surface area (Å²) in [6.07, 6.45) is 7.20. The molecule has 0 radical (unpaired) electrons. The fourth-order valence-corrected chi connectivity index (χ4v) is 3.01. The van der Waals surface area contributed by atoms with Gasteiger partial charge in [0.25, 0.3) is 0 Å². The molecule has 1 atom stereocenters. The molecule has 6 nitrogen and oxygen atoms in total. The summed E-state index contributed by atoms with van der Waals surface area (Å²) in [5.41, 5.74) is 1.28. The molecule has 0 bridgehead atoms. The smallest absolute Gasteiger partial charge is 0.316 e. The second-order valence-electron chi connectivity index (χ2n) is 5.65. The van der Waals surface area contributed by atoms with E-state index < -0.39 is 0 Å². The molecule has 3 aromatic heterocycles. The van der Waals surface area contributed by atoms with Crippen LogP contribution in [-0.2, 0) is 13.1 Å².